The summed E-state index contributed by atoms with van der Waals surface area (Å²) in [4.78, 5) is 4.09. The number of pyridine rings is 1. The Balaban J connectivity index is 2.27. The average Bonchev–Trinajstić information content (AvgIpc) is 2.25. The Bertz CT molecular complexity index is 274. The molecule has 0 amide bonds. The summed E-state index contributed by atoms with van der Waals surface area (Å²) in [5, 5.41) is 12.4. The van der Waals surface area contributed by atoms with Gasteiger partial charge in [-0.15, -0.1) is 0 Å². The van der Waals surface area contributed by atoms with Gasteiger partial charge in [0.05, 0.1) is 11.9 Å². The Morgan fingerprint density at radius 3 is 2.93 bits per heavy atom. The average molecular weight is 210 g/mol. The number of methoxy groups -OCH3 is 1. The quantitative estimate of drug-likeness (QED) is 0.743. The van der Waals surface area contributed by atoms with Crippen molar-refractivity contribution in [3.05, 3.63) is 24.0 Å². The van der Waals surface area contributed by atoms with Crippen LogP contribution >= 0.6 is 0 Å². The highest BCUT2D eigenvalue weighted by molar-refractivity contribution is 5.17. The Hall–Kier alpha value is -1.13. The summed E-state index contributed by atoms with van der Waals surface area (Å²) >= 11 is 0. The molecule has 0 bridgehead atoms. The zero-order valence-electron chi connectivity index (χ0n) is 9.23. The van der Waals surface area contributed by atoms with Gasteiger partial charge in [-0.25, -0.2) is 0 Å². The highest BCUT2D eigenvalue weighted by Gasteiger charge is 2.01. The molecule has 0 saturated heterocycles. The smallest absolute Gasteiger partial charge is 0.133 e. The molecule has 0 aromatic carbocycles. The minimum atomic E-state index is 0.200. The molecule has 0 spiro atoms. The van der Waals surface area contributed by atoms with Crippen LogP contribution in [0.5, 0.6) is 5.75 Å². The first-order valence-electron chi connectivity index (χ1n) is 5.08. The number of ether oxygens (including phenoxy) is 1. The van der Waals surface area contributed by atoms with E-state index in [1.807, 2.05) is 6.07 Å². The van der Waals surface area contributed by atoms with Gasteiger partial charge in [-0.3, -0.25) is 4.98 Å². The molecular formula is C11H18N2O2. The molecule has 84 valence electrons. The van der Waals surface area contributed by atoms with Crippen LogP contribution in [0.1, 0.15) is 19.0 Å². The number of hydrogen-bond donors (Lipinski definition) is 2. The summed E-state index contributed by atoms with van der Waals surface area (Å²) in [7, 11) is 1.70. The lowest BCUT2D eigenvalue weighted by molar-refractivity contribution is 0.184. The number of rotatable bonds is 6. The van der Waals surface area contributed by atoms with Crippen LogP contribution in [0, 0.1) is 0 Å². The predicted octanol–water partition coefficient (Wildman–Crippen LogP) is 1.30. The van der Waals surface area contributed by atoms with Gasteiger partial charge in [0.15, 0.2) is 0 Å². The molecule has 0 aliphatic carbocycles. The molecule has 0 fully saturated rings. The minimum Gasteiger partial charge on any atom is -0.506 e. The SMILES string of the molecule is COCCC(C)NCc1ccc(O)cn1. The highest BCUT2D eigenvalue weighted by Crippen LogP contribution is 2.05. The van der Waals surface area contributed by atoms with E-state index in [0.29, 0.717) is 12.6 Å². The van der Waals surface area contributed by atoms with E-state index in [2.05, 4.69) is 17.2 Å². The van der Waals surface area contributed by atoms with E-state index >= 15 is 0 Å². The Morgan fingerprint density at radius 2 is 2.33 bits per heavy atom. The Labute approximate surface area is 90.3 Å². The molecule has 1 aromatic heterocycles. The van der Waals surface area contributed by atoms with E-state index in [4.69, 9.17) is 9.84 Å². The maximum atomic E-state index is 9.05. The zero-order chi connectivity index (χ0) is 11.1. The van der Waals surface area contributed by atoms with Gasteiger partial charge >= 0.3 is 0 Å². The van der Waals surface area contributed by atoms with Gasteiger partial charge in [0.2, 0.25) is 0 Å². The maximum Gasteiger partial charge on any atom is 0.133 e. The predicted molar refractivity (Wildman–Crippen MR) is 58.7 cm³/mol. The standard InChI is InChI=1S/C11H18N2O2/c1-9(5-6-15-2)12-7-10-3-4-11(14)8-13-10/h3-4,8-9,12,14H,5-7H2,1-2H3. The summed E-state index contributed by atoms with van der Waals surface area (Å²) in [5.74, 6) is 0.200. The topological polar surface area (TPSA) is 54.4 Å². The van der Waals surface area contributed by atoms with Gasteiger partial charge in [0.25, 0.3) is 0 Å². The van der Waals surface area contributed by atoms with Crippen molar-refractivity contribution >= 4 is 0 Å². The number of aromatic hydroxyl groups is 1. The lowest BCUT2D eigenvalue weighted by atomic mass is 10.2. The summed E-state index contributed by atoms with van der Waals surface area (Å²) in [5.41, 5.74) is 0.928. The fourth-order valence-corrected chi connectivity index (χ4v) is 1.20. The molecule has 0 aliphatic rings. The third-order valence-corrected chi connectivity index (χ3v) is 2.20. The molecule has 4 heteroatoms. The normalized spacial score (nSPS) is 12.7. The lowest BCUT2D eigenvalue weighted by Gasteiger charge is -2.12. The van der Waals surface area contributed by atoms with Crippen molar-refractivity contribution in [1.82, 2.24) is 10.3 Å². The van der Waals surface area contributed by atoms with Crippen LogP contribution in [-0.4, -0.2) is 29.8 Å². The number of nitrogens with one attached hydrogen (secondary N) is 1. The van der Waals surface area contributed by atoms with Crippen LogP contribution in [0.3, 0.4) is 0 Å². The van der Waals surface area contributed by atoms with Crippen molar-refractivity contribution in [2.45, 2.75) is 25.9 Å². The summed E-state index contributed by atoms with van der Waals surface area (Å²) in [6.45, 7) is 3.59. The van der Waals surface area contributed by atoms with E-state index in [-0.39, 0.29) is 5.75 Å². The van der Waals surface area contributed by atoms with E-state index in [1.54, 1.807) is 13.2 Å². The molecule has 15 heavy (non-hydrogen) atoms. The van der Waals surface area contributed by atoms with Gasteiger partial charge < -0.3 is 15.2 Å². The van der Waals surface area contributed by atoms with Gasteiger partial charge in [0.1, 0.15) is 5.75 Å². The van der Waals surface area contributed by atoms with Gasteiger partial charge in [-0.2, -0.15) is 0 Å². The van der Waals surface area contributed by atoms with Gasteiger partial charge in [0, 0.05) is 26.3 Å². The molecule has 0 saturated carbocycles. The van der Waals surface area contributed by atoms with Gasteiger partial charge in [-0.1, -0.05) is 0 Å². The van der Waals surface area contributed by atoms with E-state index in [1.165, 1.54) is 6.20 Å². The van der Waals surface area contributed by atoms with Crippen molar-refractivity contribution < 1.29 is 9.84 Å². The highest BCUT2D eigenvalue weighted by atomic mass is 16.5. The number of aromatic nitrogens is 1. The van der Waals surface area contributed by atoms with Crippen molar-refractivity contribution in [1.29, 1.82) is 0 Å². The van der Waals surface area contributed by atoms with Crippen LogP contribution in [0.25, 0.3) is 0 Å². The van der Waals surface area contributed by atoms with Crippen LogP contribution in [0.4, 0.5) is 0 Å². The lowest BCUT2D eigenvalue weighted by Crippen LogP contribution is -2.26. The molecule has 1 heterocycles. The number of nitrogens with zero attached hydrogens (tertiary/aromatic N) is 1. The second-order valence-electron chi connectivity index (χ2n) is 3.57. The van der Waals surface area contributed by atoms with Crippen molar-refractivity contribution in [3.8, 4) is 5.75 Å². The fraction of sp³-hybridized carbons (Fsp3) is 0.545. The van der Waals surface area contributed by atoms with Crippen molar-refractivity contribution in [2.24, 2.45) is 0 Å². The molecule has 4 nitrogen and oxygen atoms in total. The largest absolute Gasteiger partial charge is 0.506 e. The summed E-state index contributed by atoms with van der Waals surface area (Å²) in [6.07, 6.45) is 2.44. The van der Waals surface area contributed by atoms with Crippen molar-refractivity contribution in [2.75, 3.05) is 13.7 Å². The van der Waals surface area contributed by atoms with Crippen LogP contribution in [-0.2, 0) is 11.3 Å². The fourth-order valence-electron chi connectivity index (χ4n) is 1.20. The van der Waals surface area contributed by atoms with E-state index in [9.17, 15) is 0 Å². The monoisotopic (exact) mass is 210 g/mol. The molecule has 1 atom stereocenters. The molecular weight excluding hydrogens is 192 g/mol. The zero-order valence-corrected chi connectivity index (χ0v) is 9.23. The van der Waals surface area contributed by atoms with Crippen LogP contribution in [0.2, 0.25) is 0 Å². The van der Waals surface area contributed by atoms with Crippen molar-refractivity contribution in [3.63, 3.8) is 0 Å². The Morgan fingerprint density at radius 1 is 1.53 bits per heavy atom. The first-order chi connectivity index (χ1) is 7.22. The first-order valence-corrected chi connectivity index (χ1v) is 5.08. The second kappa shape index (κ2) is 6.37. The summed E-state index contributed by atoms with van der Waals surface area (Å²) < 4.78 is 4.99. The maximum absolute atomic E-state index is 9.05. The molecule has 1 aromatic rings. The minimum absolute atomic E-state index is 0.200. The van der Waals surface area contributed by atoms with E-state index in [0.717, 1.165) is 18.7 Å². The second-order valence-corrected chi connectivity index (χ2v) is 3.57. The molecule has 0 aliphatic heterocycles. The molecule has 1 rings (SSSR count). The third-order valence-electron chi connectivity index (χ3n) is 2.20. The molecule has 1 unspecified atom stereocenters. The third kappa shape index (κ3) is 4.76. The van der Waals surface area contributed by atoms with E-state index < -0.39 is 0 Å². The van der Waals surface area contributed by atoms with Crippen LogP contribution in [0.15, 0.2) is 18.3 Å². The first kappa shape index (κ1) is 11.9. The van der Waals surface area contributed by atoms with Crippen LogP contribution < -0.4 is 5.32 Å². The van der Waals surface area contributed by atoms with Gasteiger partial charge in [-0.05, 0) is 25.5 Å². The molecule has 2 N–H and O–H groups in total. The summed E-state index contributed by atoms with van der Waals surface area (Å²) in [6, 6.07) is 3.86. The molecule has 0 radical (unpaired) electrons. The number of hydrogen-bond acceptors (Lipinski definition) is 4. The Kier molecular flexibility index (Phi) is 5.07.